The van der Waals surface area contributed by atoms with Gasteiger partial charge in [-0.1, -0.05) is 108 Å². The fraction of sp³-hybridized carbons (Fsp3) is 0.720. The Bertz CT molecular complexity index is 629. The molecule has 0 aliphatic carbocycles. The Balaban J connectivity index is 1.33. The molecule has 0 aromatic carbocycles. The van der Waals surface area contributed by atoms with Crippen LogP contribution in [0.5, 0.6) is 0 Å². The van der Waals surface area contributed by atoms with E-state index < -0.39 is 0 Å². The summed E-state index contributed by atoms with van der Waals surface area (Å²) in [6.45, 7) is 3.17. The molecule has 0 saturated carbocycles. The summed E-state index contributed by atoms with van der Waals surface area (Å²) in [6, 6.07) is 4.24. The van der Waals surface area contributed by atoms with Crippen molar-refractivity contribution in [1.29, 1.82) is 0 Å². The second-order valence-corrected chi connectivity index (χ2v) is 8.38. The summed E-state index contributed by atoms with van der Waals surface area (Å²) in [4.78, 5) is 4.00. The van der Waals surface area contributed by atoms with Crippen molar-refractivity contribution in [3.05, 3.63) is 24.5 Å². The molecule has 0 aliphatic heterocycles. The zero-order chi connectivity index (χ0) is 21.1. The van der Waals surface area contributed by atoms with Gasteiger partial charge in [0.25, 0.3) is 0 Å². The standard InChI is InChI=1S/C25H42N4O/c1-2-3-4-5-6-7-8-9-10-11-12-13-14-15-16-17-20-27-25-29-28-24(30-25)23-18-21-26-22-19-23/h18-19,21-22H,2-17,20H2,1H3,(H,27,29). The highest BCUT2D eigenvalue weighted by atomic mass is 16.4. The second-order valence-electron chi connectivity index (χ2n) is 8.38. The third-order valence-electron chi connectivity index (χ3n) is 5.66. The quantitative estimate of drug-likeness (QED) is 0.237. The second kappa shape index (κ2) is 16.8. The van der Waals surface area contributed by atoms with Crippen molar-refractivity contribution in [3.63, 3.8) is 0 Å². The van der Waals surface area contributed by atoms with Gasteiger partial charge in [0.05, 0.1) is 0 Å². The smallest absolute Gasteiger partial charge is 0.315 e. The predicted molar refractivity (Wildman–Crippen MR) is 126 cm³/mol. The lowest BCUT2D eigenvalue weighted by Gasteiger charge is -2.04. The molecule has 1 N–H and O–H groups in total. The summed E-state index contributed by atoms with van der Waals surface area (Å²) in [5.41, 5.74) is 0.896. The molecule has 5 heteroatoms. The minimum Gasteiger partial charge on any atom is -0.403 e. The lowest BCUT2D eigenvalue weighted by Crippen LogP contribution is -2.01. The lowest BCUT2D eigenvalue weighted by molar-refractivity contribution is 0.530. The van der Waals surface area contributed by atoms with Crippen molar-refractivity contribution in [1.82, 2.24) is 15.2 Å². The lowest BCUT2D eigenvalue weighted by atomic mass is 10.0. The van der Waals surface area contributed by atoms with E-state index in [0.717, 1.165) is 18.5 Å². The molecule has 0 saturated heterocycles. The maximum absolute atomic E-state index is 5.64. The molecule has 0 fully saturated rings. The Kier molecular flexibility index (Phi) is 13.7. The van der Waals surface area contributed by atoms with Crippen molar-refractivity contribution < 1.29 is 4.42 Å². The summed E-state index contributed by atoms with van der Waals surface area (Å²) in [7, 11) is 0. The zero-order valence-electron chi connectivity index (χ0n) is 19.1. The van der Waals surface area contributed by atoms with Gasteiger partial charge >= 0.3 is 6.01 Å². The Morgan fingerprint density at radius 2 is 1.17 bits per heavy atom. The number of aromatic nitrogens is 3. The van der Waals surface area contributed by atoms with Crippen LogP contribution in [-0.2, 0) is 0 Å². The SMILES string of the molecule is CCCCCCCCCCCCCCCCCCNc1nnc(-c2ccncc2)o1. The third-order valence-corrected chi connectivity index (χ3v) is 5.66. The van der Waals surface area contributed by atoms with Crippen LogP contribution in [0.4, 0.5) is 6.01 Å². The van der Waals surface area contributed by atoms with Gasteiger partial charge in [0.2, 0.25) is 5.89 Å². The molecule has 30 heavy (non-hydrogen) atoms. The average molecular weight is 415 g/mol. The van der Waals surface area contributed by atoms with E-state index in [-0.39, 0.29) is 0 Å². The van der Waals surface area contributed by atoms with Crippen LogP contribution in [0.1, 0.15) is 110 Å². The first-order chi connectivity index (χ1) is 14.9. The number of nitrogens with one attached hydrogen (secondary N) is 1. The molecule has 2 aromatic rings. The summed E-state index contributed by atoms with van der Waals surface area (Å²) < 4.78 is 5.64. The van der Waals surface area contributed by atoms with Crippen LogP contribution in [0.3, 0.4) is 0 Å². The number of nitrogens with zero attached hydrogens (tertiary/aromatic N) is 3. The van der Waals surface area contributed by atoms with Crippen LogP contribution in [0.2, 0.25) is 0 Å². The Hall–Kier alpha value is -1.91. The summed E-state index contributed by atoms with van der Waals surface area (Å²) in [5, 5.41) is 11.4. The van der Waals surface area contributed by atoms with Crippen LogP contribution >= 0.6 is 0 Å². The van der Waals surface area contributed by atoms with Gasteiger partial charge in [-0.3, -0.25) is 4.98 Å². The number of pyridine rings is 1. The van der Waals surface area contributed by atoms with E-state index in [4.69, 9.17) is 4.42 Å². The van der Waals surface area contributed by atoms with E-state index >= 15 is 0 Å². The Morgan fingerprint density at radius 1 is 0.667 bits per heavy atom. The number of unbranched alkanes of at least 4 members (excludes halogenated alkanes) is 15. The maximum atomic E-state index is 5.64. The van der Waals surface area contributed by atoms with Crippen LogP contribution in [0.15, 0.2) is 28.9 Å². The fourth-order valence-corrected chi connectivity index (χ4v) is 3.77. The molecule has 2 aromatic heterocycles. The molecule has 168 valence electrons. The van der Waals surface area contributed by atoms with Gasteiger partial charge in [-0.25, -0.2) is 0 Å². The molecule has 0 spiro atoms. The van der Waals surface area contributed by atoms with Gasteiger partial charge in [-0.15, -0.1) is 5.10 Å². The monoisotopic (exact) mass is 414 g/mol. The van der Waals surface area contributed by atoms with Crippen molar-refractivity contribution in [2.24, 2.45) is 0 Å². The molecule has 0 radical (unpaired) electrons. The van der Waals surface area contributed by atoms with E-state index in [1.165, 1.54) is 96.3 Å². The Morgan fingerprint density at radius 3 is 1.70 bits per heavy atom. The molecular formula is C25H42N4O. The highest BCUT2D eigenvalue weighted by Gasteiger charge is 2.07. The van der Waals surface area contributed by atoms with Gasteiger partial charge in [0, 0.05) is 24.5 Å². The van der Waals surface area contributed by atoms with Crippen molar-refractivity contribution in [2.45, 2.75) is 110 Å². The van der Waals surface area contributed by atoms with Crippen molar-refractivity contribution in [3.8, 4) is 11.5 Å². The van der Waals surface area contributed by atoms with Gasteiger partial charge in [-0.05, 0) is 18.6 Å². The van der Waals surface area contributed by atoms with Crippen molar-refractivity contribution in [2.75, 3.05) is 11.9 Å². The van der Waals surface area contributed by atoms with Crippen LogP contribution in [0.25, 0.3) is 11.5 Å². The van der Waals surface area contributed by atoms with Gasteiger partial charge in [0.1, 0.15) is 0 Å². The van der Waals surface area contributed by atoms with Crippen LogP contribution in [0, 0.1) is 0 Å². The van der Waals surface area contributed by atoms with E-state index in [1.807, 2.05) is 12.1 Å². The van der Waals surface area contributed by atoms with E-state index in [2.05, 4.69) is 27.4 Å². The molecule has 0 amide bonds. The van der Waals surface area contributed by atoms with E-state index in [9.17, 15) is 0 Å². The van der Waals surface area contributed by atoms with Crippen LogP contribution in [-0.4, -0.2) is 21.7 Å². The largest absolute Gasteiger partial charge is 0.403 e. The van der Waals surface area contributed by atoms with Crippen LogP contribution < -0.4 is 5.32 Å². The summed E-state index contributed by atoms with van der Waals surface area (Å²) in [5.74, 6) is 0.534. The molecular weight excluding hydrogens is 372 g/mol. The number of anilines is 1. The topological polar surface area (TPSA) is 63.8 Å². The summed E-state index contributed by atoms with van der Waals surface area (Å²) in [6.07, 6.45) is 25.7. The minimum absolute atomic E-state index is 0.503. The molecule has 0 aliphatic rings. The molecule has 0 atom stereocenters. The Labute approximate surface area is 183 Å². The average Bonchev–Trinajstić information content (AvgIpc) is 3.25. The minimum atomic E-state index is 0.503. The van der Waals surface area contributed by atoms with E-state index in [0.29, 0.717) is 11.9 Å². The fourth-order valence-electron chi connectivity index (χ4n) is 3.77. The first-order valence-electron chi connectivity index (χ1n) is 12.4. The van der Waals surface area contributed by atoms with Crippen molar-refractivity contribution >= 4 is 6.01 Å². The van der Waals surface area contributed by atoms with Gasteiger partial charge in [0.15, 0.2) is 0 Å². The molecule has 0 unspecified atom stereocenters. The summed E-state index contributed by atoms with van der Waals surface area (Å²) >= 11 is 0. The highest BCUT2D eigenvalue weighted by Crippen LogP contribution is 2.18. The van der Waals surface area contributed by atoms with Gasteiger partial charge < -0.3 is 9.73 Å². The molecule has 0 bridgehead atoms. The normalized spacial score (nSPS) is 11.1. The third kappa shape index (κ3) is 11.3. The highest BCUT2D eigenvalue weighted by molar-refractivity contribution is 5.51. The van der Waals surface area contributed by atoms with E-state index in [1.54, 1.807) is 12.4 Å². The zero-order valence-corrected chi connectivity index (χ0v) is 19.1. The number of hydrogen-bond donors (Lipinski definition) is 1. The molecule has 5 nitrogen and oxygen atoms in total. The first-order valence-corrected chi connectivity index (χ1v) is 12.4. The molecule has 2 rings (SSSR count). The van der Waals surface area contributed by atoms with Gasteiger partial charge in [-0.2, -0.15) is 0 Å². The number of hydrogen-bond acceptors (Lipinski definition) is 5. The first kappa shape index (κ1) is 24.4. The molecule has 2 heterocycles. The number of rotatable bonds is 19. The maximum Gasteiger partial charge on any atom is 0.315 e. The predicted octanol–water partition coefficient (Wildman–Crippen LogP) is 7.81.